The summed E-state index contributed by atoms with van der Waals surface area (Å²) in [4.78, 5) is 14.3. The van der Waals surface area contributed by atoms with Crippen molar-refractivity contribution in [1.29, 1.82) is 0 Å². The highest BCUT2D eigenvalue weighted by Gasteiger charge is 2.11. The van der Waals surface area contributed by atoms with Crippen LogP contribution in [0.3, 0.4) is 0 Å². The average molecular weight is 230 g/mol. The number of halogens is 1. The maximum Gasteiger partial charge on any atom is 0.354 e. The third-order valence-electron chi connectivity index (χ3n) is 1.77. The molecule has 2 heterocycles. The molecular weight excluding hydrogens is 222 g/mol. The lowest BCUT2D eigenvalue weighted by Gasteiger charge is -1.96. The van der Waals surface area contributed by atoms with Crippen molar-refractivity contribution in [3.05, 3.63) is 22.2 Å². The molecule has 2 rings (SSSR count). The van der Waals surface area contributed by atoms with Gasteiger partial charge in [0.15, 0.2) is 0 Å². The van der Waals surface area contributed by atoms with Gasteiger partial charge in [0.2, 0.25) is 0 Å². The molecule has 5 heteroatoms. The van der Waals surface area contributed by atoms with Crippen molar-refractivity contribution >= 4 is 39.1 Å². The number of hydrogen-bond donors (Lipinski definition) is 1. The van der Waals surface area contributed by atoms with Gasteiger partial charge >= 0.3 is 5.97 Å². The molecule has 0 aliphatic heterocycles. The molecule has 1 N–H and O–H groups in total. The quantitative estimate of drug-likeness (QED) is 0.805. The Morgan fingerprint density at radius 2 is 2.43 bits per heavy atom. The number of H-pyrrole nitrogens is 1. The number of aromatic amines is 1. The van der Waals surface area contributed by atoms with Gasteiger partial charge in [-0.15, -0.1) is 11.3 Å². The second-order valence-electron chi connectivity index (χ2n) is 2.73. The number of carbonyl (C=O) groups is 1. The molecule has 0 saturated heterocycles. The Kier molecular flexibility index (Phi) is 2.48. The molecule has 0 aliphatic carbocycles. The van der Waals surface area contributed by atoms with Crippen LogP contribution >= 0.6 is 22.9 Å². The molecule has 0 spiro atoms. The van der Waals surface area contributed by atoms with E-state index in [-0.39, 0.29) is 5.97 Å². The van der Waals surface area contributed by atoms with Crippen LogP contribution in [0, 0.1) is 0 Å². The third kappa shape index (κ3) is 1.63. The topological polar surface area (TPSA) is 42.1 Å². The van der Waals surface area contributed by atoms with Crippen LogP contribution < -0.4 is 0 Å². The second kappa shape index (κ2) is 3.63. The summed E-state index contributed by atoms with van der Waals surface area (Å²) >= 11 is 7.23. The van der Waals surface area contributed by atoms with E-state index >= 15 is 0 Å². The van der Waals surface area contributed by atoms with Crippen molar-refractivity contribution < 1.29 is 9.53 Å². The molecule has 0 unspecified atom stereocenters. The maximum atomic E-state index is 11.3. The fourth-order valence-electron chi connectivity index (χ4n) is 1.21. The van der Waals surface area contributed by atoms with Crippen LogP contribution in [0.1, 0.15) is 17.4 Å². The second-order valence-corrected chi connectivity index (χ2v) is 4.45. The highest BCUT2D eigenvalue weighted by Crippen LogP contribution is 2.29. The molecule has 2 aromatic heterocycles. The molecule has 2 aromatic rings. The first kappa shape index (κ1) is 9.55. The number of ether oxygens (including phenoxy) is 1. The Morgan fingerprint density at radius 3 is 3.07 bits per heavy atom. The lowest BCUT2D eigenvalue weighted by atomic mass is 10.4. The summed E-state index contributed by atoms with van der Waals surface area (Å²) in [6.45, 7) is 2.16. The number of esters is 1. The Balaban J connectivity index is 2.36. The van der Waals surface area contributed by atoms with Gasteiger partial charge in [0, 0.05) is 0 Å². The first-order valence-corrected chi connectivity index (χ1v) is 5.35. The molecule has 0 radical (unpaired) electrons. The van der Waals surface area contributed by atoms with E-state index in [0.717, 1.165) is 10.2 Å². The van der Waals surface area contributed by atoms with Crippen LogP contribution in [-0.2, 0) is 4.74 Å². The predicted molar refractivity (Wildman–Crippen MR) is 57.1 cm³/mol. The first-order chi connectivity index (χ1) is 6.70. The number of hydrogen-bond acceptors (Lipinski definition) is 3. The zero-order valence-corrected chi connectivity index (χ0v) is 9.04. The Labute approximate surface area is 89.6 Å². The summed E-state index contributed by atoms with van der Waals surface area (Å²) in [5, 5.41) is 0. The minimum absolute atomic E-state index is 0.327. The number of carbonyl (C=O) groups excluding carboxylic acids is 1. The fraction of sp³-hybridized carbons (Fsp3) is 0.222. The minimum atomic E-state index is -0.327. The standard InChI is InChI=1S/C9H8ClNO2S/c1-2-13-9(12)6-3-7-5(11-6)4-8(10)14-7/h3-4,11H,2H2,1H3. The maximum absolute atomic E-state index is 11.3. The van der Waals surface area contributed by atoms with Crippen molar-refractivity contribution in [2.75, 3.05) is 6.61 Å². The largest absolute Gasteiger partial charge is 0.461 e. The number of thiophene rings is 1. The van der Waals surface area contributed by atoms with E-state index in [1.807, 2.05) is 0 Å². The first-order valence-electron chi connectivity index (χ1n) is 4.16. The number of fused-ring (bicyclic) bond motifs is 1. The lowest BCUT2D eigenvalue weighted by molar-refractivity contribution is 0.0520. The van der Waals surface area contributed by atoms with Crippen molar-refractivity contribution in [2.45, 2.75) is 6.92 Å². The molecule has 0 fully saturated rings. The molecule has 0 atom stereocenters. The van der Waals surface area contributed by atoms with Crippen molar-refractivity contribution in [2.24, 2.45) is 0 Å². The zero-order chi connectivity index (χ0) is 10.1. The monoisotopic (exact) mass is 229 g/mol. The summed E-state index contributed by atoms with van der Waals surface area (Å²) in [7, 11) is 0. The number of rotatable bonds is 2. The third-order valence-corrected chi connectivity index (χ3v) is 2.98. The fourth-order valence-corrected chi connectivity index (χ4v) is 2.35. The van der Waals surface area contributed by atoms with Gasteiger partial charge in [0.05, 0.1) is 21.2 Å². The van der Waals surface area contributed by atoms with E-state index in [1.54, 1.807) is 19.1 Å². The van der Waals surface area contributed by atoms with Gasteiger partial charge in [0.1, 0.15) is 5.69 Å². The molecule has 3 nitrogen and oxygen atoms in total. The Bertz CT molecular complexity index is 443. The molecule has 0 bridgehead atoms. The van der Waals surface area contributed by atoms with Gasteiger partial charge in [-0.2, -0.15) is 0 Å². The van der Waals surface area contributed by atoms with Gasteiger partial charge in [-0.1, -0.05) is 11.6 Å². The van der Waals surface area contributed by atoms with E-state index in [1.165, 1.54) is 11.3 Å². The molecule has 0 aromatic carbocycles. The number of aromatic nitrogens is 1. The van der Waals surface area contributed by atoms with Gasteiger partial charge in [-0.05, 0) is 19.1 Å². The van der Waals surface area contributed by atoms with Crippen LogP contribution in [-0.4, -0.2) is 17.6 Å². The van der Waals surface area contributed by atoms with E-state index < -0.39 is 0 Å². The normalized spacial score (nSPS) is 10.7. The number of nitrogens with one attached hydrogen (secondary N) is 1. The molecule has 0 amide bonds. The summed E-state index contributed by atoms with van der Waals surface area (Å²) in [6.07, 6.45) is 0. The van der Waals surface area contributed by atoms with Gasteiger partial charge in [-0.3, -0.25) is 0 Å². The van der Waals surface area contributed by atoms with E-state index in [2.05, 4.69) is 4.98 Å². The molecule has 74 valence electrons. The van der Waals surface area contributed by atoms with Gasteiger partial charge in [-0.25, -0.2) is 4.79 Å². The average Bonchev–Trinajstić information content (AvgIpc) is 2.61. The Hall–Kier alpha value is -1.00. The Morgan fingerprint density at radius 1 is 1.64 bits per heavy atom. The predicted octanol–water partition coefficient (Wildman–Crippen LogP) is 3.06. The SMILES string of the molecule is CCOC(=O)c1cc2sc(Cl)cc2[nH]1. The summed E-state index contributed by atoms with van der Waals surface area (Å²) in [5.74, 6) is -0.327. The smallest absolute Gasteiger partial charge is 0.354 e. The van der Waals surface area contributed by atoms with Gasteiger partial charge < -0.3 is 9.72 Å². The molecule has 0 aliphatic rings. The van der Waals surface area contributed by atoms with Crippen LogP contribution in [0.5, 0.6) is 0 Å². The van der Waals surface area contributed by atoms with Crippen LogP contribution in [0.15, 0.2) is 12.1 Å². The van der Waals surface area contributed by atoms with E-state index in [0.29, 0.717) is 16.6 Å². The zero-order valence-electron chi connectivity index (χ0n) is 7.46. The van der Waals surface area contributed by atoms with Gasteiger partial charge in [0.25, 0.3) is 0 Å². The highest BCUT2D eigenvalue weighted by atomic mass is 35.5. The van der Waals surface area contributed by atoms with Crippen molar-refractivity contribution in [3.8, 4) is 0 Å². The minimum Gasteiger partial charge on any atom is -0.461 e. The van der Waals surface area contributed by atoms with Crippen LogP contribution in [0.2, 0.25) is 4.34 Å². The summed E-state index contributed by atoms with van der Waals surface area (Å²) in [6, 6.07) is 3.55. The van der Waals surface area contributed by atoms with Crippen molar-refractivity contribution in [1.82, 2.24) is 4.98 Å². The molecular formula is C9H8ClNO2S. The van der Waals surface area contributed by atoms with E-state index in [9.17, 15) is 4.79 Å². The van der Waals surface area contributed by atoms with Crippen LogP contribution in [0.25, 0.3) is 10.2 Å². The highest BCUT2D eigenvalue weighted by molar-refractivity contribution is 7.22. The lowest BCUT2D eigenvalue weighted by Crippen LogP contribution is -2.04. The summed E-state index contributed by atoms with van der Waals surface area (Å²) in [5.41, 5.74) is 1.35. The van der Waals surface area contributed by atoms with E-state index in [4.69, 9.17) is 16.3 Å². The molecule has 0 saturated carbocycles. The van der Waals surface area contributed by atoms with Crippen molar-refractivity contribution in [3.63, 3.8) is 0 Å². The summed E-state index contributed by atoms with van der Waals surface area (Å²) < 4.78 is 6.54. The molecule has 14 heavy (non-hydrogen) atoms. The van der Waals surface area contributed by atoms with Crippen LogP contribution in [0.4, 0.5) is 0 Å².